The molecule has 30 heavy (non-hydrogen) atoms. The fraction of sp³-hybridized carbons (Fsp3) is 0.222. The molecule has 0 aliphatic rings. The van der Waals surface area contributed by atoms with Gasteiger partial charge < -0.3 is 14.4 Å². The van der Waals surface area contributed by atoms with Crippen molar-refractivity contribution in [1.82, 2.24) is 0 Å². The van der Waals surface area contributed by atoms with Crippen molar-refractivity contribution in [2.45, 2.75) is 41.5 Å². The van der Waals surface area contributed by atoms with E-state index in [1.165, 1.54) is 73.9 Å². The Morgan fingerprint density at radius 1 is 0.367 bits per heavy atom. The van der Waals surface area contributed by atoms with Crippen molar-refractivity contribution < 1.29 is 14.4 Å². The Balaban J connectivity index is 0.000000314. The summed E-state index contributed by atoms with van der Waals surface area (Å²) in [7, 11) is 0. The summed E-state index contributed by atoms with van der Waals surface area (Å²) >= 11 is 0. The van der Waals surface area contributed by atoms with Crippen LogP contribution in [0.25, 0.3) is 32.3 Å². The highest BCUT2D eigenvalue weighted by Crippen LogP contribution is 2.34. The maximum atomic E-state index is 9.44. The normalized spacial score (nSPS) is 9.40. The van der Waals surface area contributed by atoms with Crippen molar-refractivity contribution in [2.75, 3.05) is 0 Å². The predicted molar refractivity (Wildman–Crippen MR) is 128 cm³/mol. The molecule has 0 saturated heterocycles. The first kappa shape index (κ1) is 24.7. The number of rotatable bonds is 0. The molecule has 0 spiro atoms. The van der Waals surface area contributed by atoms with E-state index in [0.717, 1.165) is 0 Å². The van der Waals surface area contributed by atoms with Gasteiger partial charge in [0.25, 0.3) is 0 Å². The molecule has 156 valence electrons. The van der Waals surface area contributed by atoms with E-state index in [-0.39, 0.29) is 17.3 Å². The molecule has 4 rings (SSSR count). The number of ketones is 3. The Labute approximate surface area is 178 Å². The van der Waals surface area contributed by atoms with E-state index in [1.807, 2.05) is 0 Å². The van der Waals surface area contributed by atoms with Gasteiger partial charge in [0, 0.05) is 0 Å². The molecule has 0 aromatic heterocycles. The first-order chi connectivity index (χ1) is 14.1. The summed E-state index contributed by atoms with van der Waals surface area (Å²) in [6.07, 6.45) is 0. The summed E-state index contributed by atoms with van der Waals surface area (Å²) < 4.78 is 0. The van der Waals surface area contributed by atoms with Gasteiger partial charge in [-0.15, -0.1) is 0 Å². The third-order valence-electron chi connectivity index (χ3n) is 3.65. The number of hydrogen-bond acceptors (Lipinski definition) is 3. The number of carbonyl (C=O) groups is 3. The quantitative estimate of drug-likeness (QED) is 0.300. The third-order valence-corrected chi connectivity index (χ3v) is 3.65. The monoisotopic (exact) mass is 402 g/mol. The van der Waals surface area contributed by atoms with Crippen molar-refractivity contribution in [1.29, 1.82) is 0 Å². The minimum Gasteiger partial charge on any atom is -0.300 e. The zero-order valence-electron chi connectivity index (χ0n) is 18.7. The third kappa shape index (κ3) is 7.96. The van der Waals surface area contributed by atoms with Crippen LogP contribution in [0.4, 0.5) is 0 Å². The Morgan fingerprint density at radius 3 is 0.567 bits per heavy atom. The molecule has 0 bridgehead atoms. The summed E-state index contributed by atoms with van der Waals surface area (Å²) in [5.41, 5.74) is 0. The Hall–Kier alpha value is -3.33. The molecule has 0 aliphatic heterocycles. The van der Waals surface area contributed by atoms with Crippen LogP contribution in [-0.2, 0) is 14.4 Å². The molecule has 0 N–H and O–H groups in total. The fourth-order valence-corrected chi connectivity index (χ4v) is 2.86. The van der Waals surface area contributed by atoms with Gasteiger partial charge in [-0.3, -0.25) is 0 Å². The molecule has 0 unspecified atom stereocenters. The highest BCUT2D eigenvalue weighted by Gasteiger charge is 2.06. The molecule has 0 heterocycles. The smallest absolute Gasteiger partial charge is 0.126 e. The molecule has 3 nitrogen and oxygen atoms in total. The Bertz CT molecular complexity index is 895. The number of benzene rings is 4. The van der Waals surface area contributed by atoms with Crippen LogP contribution in [0.5, 0.6) is 0 Å². The topological polar surface area (TPSA) is 51.2 Å². The van der Waals surface area contributed by atoms with Crippen LogP contribution in [0.3, 0.4) is 0 Å². The lowest BCUT2D eigenvalue weighted by atomic mass is 9.95. The zero-order chi connectivity index (χ0) is 22.7. The van der Waals surface area contributed by atoms with Crippen molar-refractivity contribution in [3.05, 3.63) is 72.8 Å². The van der Waals surface area contributed by atoms with E-state index in [9.17, 15) is 14.4 Å². The average molecular weight is 403 g/mol. The molecule has 0 radical (unpaired) electrons. The second-order valence-electron chi connectivity index (χ2n) is 7.36. The lowest BCUT2D eigenvalue weighted by Crippen LogP contribution is -1.81. The molecule has 0 saturated carbocycles. The molecule has 4 aromatic carbocycles. The van der Waals surface area contributed by atoms with Crippen LogP contribution in [0, 0.1) is 0 Å². The summed E-state index contributed by atoms with van der Waals surface area (Å²) in [6, 6.07) is 26.0. The Morgan fingerprint density at radius 2 is 0.467 bits per heavy atom. The van der Waals surface area contributed by atoms with Gasteiger partial charge in [-0.25, -0.2) is 0 Å². The van der Waals surface area contributed by atoms with Gasteiger partial charge in [0.05, 0.1) is 0 Å². The van der Waals surface area contributed by atoms with Gasteiger partial charge >= 0.3 is 0 Å². The van der Waals surface area contributed by atoms with E-state index in [0.29, 0.717) is 0 Å². The SMILES string of the molecule is CC(C)=O.CC(C)=O.CC(C)=O.c1ccc2c(c1)c1ccccc1c1ccccc21. The van der Waals surface area contributed by atoms with Gasteiger partial charge in [0.15, 0.2) is 0 Å². The van der Waals surface area contributed by atoms with Crippen LogP contribution >= 0.6 is 0 Å². The standard InChI is InChI=1S/C18H12.3C3H6O/c1-2-8-14-13(7-1)15-9-3-4-11-17(15)18-12-6-5-10-16(14)18;3*1-3(2)4/h1-12H;3*1-2H3. The number of carbonyl (C=O) groups excluding carboxylic acids is 3. The lowest BCUT2D eigenvalue weighted by molar-refractivity contribution is -0.115. The highest BCUT2D eigenvalue weighted by molar-refractivity contribution is 6.25. The van der Waals surface area contributed by atoms with Crippen LogP contribution in [0.15, 0.2) is 72.8 Å². The molecule has 0 fully saturated rings. The van der Waals surface area contributed by atoms with Crippen LogP contribution in [0.1, 0.15) is 41.5 Å². The zero-order valence-corrected chi connectivity index (χ0v) is 18.7. The average Bonchev–Trinajstić information content (AvgIpc) is 2.67. The summed E-state index contributed by atoms with van der Waals surface area (Å²) in [6.45, 7) is 9.17. The largest absolute Gasteiger partial charge is 0.300 e. The van der Waals surface area contributed by atoms with Gasteiger partial charge in [-0.2, -0.15) is 0 Å². The Kier molecular flexibility index (Phi) is 10.1. The minimum absolute atomic E-state index is 0.167. The summed E-state index contributed by atoms with van der Waals surface area (Å²) in [4.78, 5) is 28.3. The van der Waals surface area contributed by atoms with Crippen LogP contribution in [0.2, 0.25) is 0 Å². The van der Waals surface area contributed by atoms with E-state index >= 15 is 0 Å². The summed E-state index contributed by atoms with van der Waals surface area (Å²) in [5, 5.41) is 8.04. The van der Waals surface area contributed by atoms with E-state index < -0.39 is 0 Å². The van der Waals surface area contributed by atoms with Gasteiger partial charge in [-0.05, 0) is 73.9 Å². The van der Waals surface area contributed by atoms with E-state index in [1.54, 1.807) is 0 Å². The van der Waals surface area contributed by atoms with Crippen LogP contribution < -0.4 is 0 Å². The minimum atomic E-state index is 0.167. The number of fused-ring (bicyclic) bond motifs is 6. The maximum absolute atomic E-state index is 9.44. The highest BCUT2D eigenvalue weighted by atomic mass is 16.1. The second kappa shape index (κ2) is 12.3. The molecule has 0 aliphatic carbocycles. The maximum Gasteiger partial charge on any atom is 0.126 e. The van der Waals surface area contributed by atoms with Gasteiger partial charge in [-0.1, -0.05) is 72.8 Å². The van der Waals surface area contributed by atoms with Gasteiger partial charge in [0.1, 0.15) is 17.3 Å². The molecule has 4 aromatic rings. The fourth-order valence-electron chi connectivity index (χ4n) is 2.86. The van der Waals surface area contributed by atoms with Crippen molar-refractivity contribution >= 4 is 49.7 Å². The molecule has 0 atom stereocenters. The molecule has 3 heteroatoms. The molecular formula is C27H30O3. The number of hydrogen-bond donors (Lipinski definition) is 0. The lowest BCUT2D eigenvalue weighted by Gasteiger charge is -2.09. The summed E-state index contributed by atoms with van der Waals surface area (Å²) in [5.74, 6) is 0.500. The van der Waals surface area contributed by atoms with Crippen molar-refractivity contribution in [2.24, 2.45) is 0 Å². The predicted octanol–water partition coefficient (Wildman–Crippen LogP) is 6.93. The first-order valence-corrected chi connectivity index (χ1v) is 9.84. The van der Waals surface area contributed by atoms with Crippen LogP contribution in [-0.4, -0.2) is 17.3 Å². The molecule has 0 amide bonds. The van der Waals surface area contributed by atoms with E-state index in [2.05, 4.69) is 72.8 Å². The molecular weight excluding hydrogens is 372 g/mol. The second-order valence-corrected chi connectivity index (χ2v) is 7.36. The van der Waals surface area contributed by atoms with E-state index in [4.69, 9.17) is 0 Å². The van der Waals surface area contributed by atoms with Crippen molar-refractivity contribution in [3.63, 3.8) is 0 Å². The number of Topliss-reactive ketones (excluding diaryl/α,β-unsaturated/α-hetero) is 3. The van der Waals surface area contributed by atoms with Crippen molar-refractivity contribution in [3.8, 4) is 0 Å². The van der Waals surface area contributed by atoms with Gasteiger partial charge in [0.2, 0.25) is 0 Å². The first-order valence-electron chi connectivity index (χ1n) is 9.84.